The smallest absolute Gasteiger partial charge is 0.0967 e. The minimum absolute atomic E-state index is 0.308. The molecule has 50 valence electrons. The van der Waals surface area contributed by atoms with Gasteiger partial charge >= 0.3 is 0 Å². The topological polar surface area (TPSA) is 66.2 Å². The van der Waals surface area contributed by atoms with E-state index in [1.54, 1.807) is 0 Å². The molecule has 0 saturated heterocycles. The monoisotopic (exact) mass is 156 g/mol. The number of halogens is 1. The Balaban J connectivity index is 3.32. The Morgan fingerprint density at radius 1 is 1.88 bits per heavy atom. The second-order valence-electron chi connectivity index (χ2n) is 1.25. The molecule has 5 heteroatoms. The fraction of sp³-hybridized carbons (Fsp3) is 1.00. The van der Waals surface area contributed by atoms with Gasteiger partial charge in [0.25, 0.3) is 0 Å². The fourth-order valence-corrected chi connectivity index (χ4v) is 0.682. The zero-order valence-corrected chi connectivity index (χ0v) is 5.74. The van der Waals surface area contributed by atoms with Gasteiger partial charge in [0, 0.05) is 0 Å². The fourth-order valence-electron chi connectivity index (χ4n) is 0.227. The van der Waals surface area contributed by atoms with Crippen LogP contribution in [0.1, 0.15) is 6.42 Å². The predicted octanol–water partition coefficient (Wildman–Crippen LogP) is -0.221. The normalized spacial score (nSPS) is 17.9. The van der Waals surface area contributed by atoms with E-state index in [-0.39, 0.29) is 0 Å². The van der Waals surface area contributed by atoms with Gasteiger partial charge in [-0.2, -0.15) is 0 Å². The van der Waals surface area contributed by atoms with Gasteiger partial charge < -0.3 is 10.3 Å². The summed E-state index contributed by atoms with van der Waals surface area (Å²) < 4.78 is 19.0. The first-order valence-electron chi connectivity index (χ1n) is 2.10. The summed E-state index contributed by atoms with van der Waals surface area (Å²) in [5.74, 6) is 0. The summed E-state index contributed by atoms with van der Waals surface area (Å²) in [6.45, 7) is 0.308. The summed E-state index contributed by atoms with van der Waals surface area (Å²) in [6.07, 6.45) is 0.317. The van der Waals surface area contributed by atoms with Crippen molar-refractivity contribution in [1.29, 1.82) is 0 Å². The van der Waals surface area contributed by atoms with Gasteiger partial charge in [-0.25, -0.2) is 0 Å². The molecule has 0 fully saturated rings. The van der Waals surface area contributed by atoms with Crippen molar-refractivity contribution in [1.82, 2.24) is 0 Å². The highest BCUT2D eigenvalue weighted by Gasteiger charge is 2.00. The summed E-state index contributed by atoms with van der Waals surface area (Å²) >= 11 is 3.05. The first-order valence-corrected chi connectivity index (χ1v) is 3.68. The number of nitrogens with two attached hydrogens (primary N) is 1. The van der Waals surface area contributed by atoms with Crippen LogP contribution in [0.15, 0.2) is 0 Å². The van der Waals surface area contributed by atoms with E-state index in [2.05, 4.69) is 0 Å². The highest BCUT2D eigenvalue weighted by Crippen LogP contribution is 2.02. The maximum absolute atomic E-state index is 9.90. The summed E-state index contributed by atoms with van der Waals surface area (Å²) in [4.78, 5) is 0. The molecule has 0 spiro atoms. The van der Waals surface area contributed by atoms with Crippen molar-refractivity contribution < 1.29 is 8.76 Å². The van der Waals surface area contributed by atoms with Gasteiger partial charge in [0.15, 0.2) is 0 Å². The van der Waals surface area contributed by atoms with Crippen LogP contribution in [0.5, 0.6) is 0 Å². The minimum atomic E-state index is -2.17. The lowest BCUT2D eigenvalue weighted by molar-refractivity contribution is 0.531. The van der Waals surface area contributed by atoms with E-state index >= 15 is 0 Å². The maximum Gasteiger partial charge on any atom is 0.0967 e. The van der Waals surface area contributed by atoms with Crippen molar-refractivity contribution in [3.8, 4) is 0 Å². The summed E-state index contributed by atoms with van der Waals surface area (Å²) in [6, 6.07) is 0. The molecule has 0 amide bonds. The maximum atomic E-state index is 9.90. The van der Waals surface area contributed by atoms with Gasteiger partial charge in [0.1, 0.15) is 0 Å². The van der Waals surface area contributed by atoms with E-state index in [4.69, 9.17) is 17.3 Å². The van der Waals surface area contributed by atoms with Gasteiger partial charge in [-0.15, -0.1) is 11.6 Å². The molecule has 2 N–H and O–H groups in total. The molecular weight excluding hydrogens is 150 g/mol. The van der Waals surface area contributed by atoms with Crippen molar-refractivity contribution in [2.24, 2.45) is 5.73 Å². The van der Waals surface area contributed by atoms with E-state index in [1.165, 1.54) is 0 Å². The third-order valence-corrected chi connectivity index (χ3v) is 1.91. The van der Waals surface area contributed by atoms with Crippen LogP contribution in [0, 0.1) is 0 Å². The van der Waals surface area contributed by atoms with Gasteiger partial charge in [-0.05, 0) is 24.0 Å². The highest BCUT2D eigenvalue weighted by atomic mass is 35.5. The van der Waals surface area contributed by atoms with Crippen molar-refractivity contribution in [3.05, 3.63) is 0 Å². The number of alkyl halides is 1. The van der Waals surface area contributed by atoms with Gasteiger partial charge in [-0.1, -0.05) is 0 Å². The number of hydrogen-bond acceptors (Lipinski definition) is 3. The molecule has 0 saturated carbocycles. The van der Waals surface area contributed by atoms with Crippen LogP contribution in [-0.2, 0) is 11.1 Å². The number of rotatable bonds is 3. The Kier molecular flexibility index (Phi) is 4.45. The second kappa shape index (κ2) is 4.26. The molecule has 0 aliphatic carbocycles. The Hall–Kier alpha value is 0.360. The van der Waals surface area contributed by atoms with Crippen molar-refractivity contribution >= 4 is 22.7 Å². The Labute approximate surface area is 55.5 Å². The van der Waals surface area contributed by atoms with Crippen LogP contribution in [0.25, 0.3) is 0 Å². The lowest BCUT2D eigenvalue weighted by Crippen LogP contribution is -2.12. The third-order valence-electron chi connectivity index (χ3n) is 0.602. The van der Waals surface area contributed by atoms with Crippen molar-refractivity contribution in [2.45, 2.75) is 11.1 Å². The molecule has 0 aromatic rings. The second-order valence-corrected chi connectivity index (χ2v) is 3.12. The molecule has 2 atom stereocenters. The molecule has 0 bridgehead atoms. The summed E-state index contributed by atoms with van der Waals surface area (Å²) in [5, 5.41) is 0. The van der Waals surface area contributed by atoms with Crippen LogP contribution in [0.4, 0.5) is 0 Å². The van der Waals surface area contributed by atoms with E-state index in [9.17, 15) is 8.76 Å². The molecule has 2 unspecified atom stereocenters. The van der Waals surface area contributed by atoms with E-state index in [0.717, 1.165) is 0 Å². The van der Waals surface area contributed by atoms with Crippen molar-refractivity contribution in [2.75, 3.05) is 6.54 Å². The Morgan fingerprint density at radius 2 is 2.38 bits per heavy atom. The van der Waals surface area contributed by atoms with E-state index in [0.29, 0.717) is 13.0 Å². The molecule has 0 radical (unpaired) electrons. The zero-order valence-electron chi connectivity index (χ0n) is 4.17. The largest absolute Gasteiger partial charge is 0.771 e. The first kappa shape index (κ1) is 8.36. The van der Waals surface area contributed by atoms with E-state index in [1.807, 2.05) is 0 Å². The molecule has 0 aromatic carbocycles. The molecule has 0 rings (SSSR count). The van der Waals surface area contributed by atoms with Gasteiger partial charge in [0.2, 0.25) is 0 Å². The molecule has 0 aliphatic rings. The Morgan fingerprint density at radius 3 is 2.50 bits per heavy atom. The quantitative estimate of drug-likeness (QED) is 0.454. The predicted molar refractivity (Wildman–Crippen MR) is 32.2 cm³/mol. The Bertz CT molecular complexity index is 89.4. The van der Waals surface area contributed by atoms with Crippen molar-refractivity contribution in [3.63, 3.8) is 0 Å². The van der Waals surface area contributed by atoms with E-state index < -0.39 is 15.8 Å². The highest BCUT2D eigenvalue weighted by molar-refractivity contribution is 7.81. The van der Waals surface area contributed by atoms with Crippen LogP contribution in [0.3, 0.4) is 0 Å². The summed E-state index contributed by atoms with van der Waals surface area (Å²) in [7, 11) is 0. The molecule has 0 aliphatic heterocycles. The molecule has 0 aromatic heterocycles. The standard InChI is InChI=1S/C3H8ClNO2S/c4-3(1-2-5)8(6)7/h3H,1-2,5H2,(H,6,7)/p-1. The average Bonchev–Trinajstić information content (AvgIpc) is 1.67. The lowest BCUT2D eigenvalue weighted by Gasteiger charge is -2.09. The first-order chi connectivity index (χ1) is 3.68. The van der Waals surface area contributed by atoms with Gasteiger partial charge in [0.05, 0.1) is 4.71 Å². The molecule has 0 heterocycles. The zero-order chi connectivity index (χ0) is 6.57. The number of hydrogen-bond donors (Lipinski definition) is 1. The minimum Gasteiger partial charge on any atom is -0.771 e. The van der Waals surface area contributed by atoms with Crippen LogP contribution < -0.4 is 5.73 Å². The SMILES string of the molecule is NCCC(Cl)S(=O)[O-]. The molecular formula is C3H7ClNO2S-. The third kappa shape index (κ3) is 3.37. The van der Waals surface area contributed by atoms with Crippen LogP contribution in [-0.4, -0.2) is 20.0 Å². The van der Waals surface area contributed by atoms with Gasteiger partial charge in [-0.3, -0.25) is 4.21 Å². The molecule has 8 heavy (non-hydrogen) atoms. The average molecular weight is 157 g/mol. The lowest BCUT2D eigenvalue weighted by atomic mass is 10.5. The summed E-state index contributed by atoms with van der Waals surface area (Å²) in [5.41, 5.74) is 5.01. The van der Waals surface area contributed by atoms with Crippen LogP contribution >= 0.6 is 11.6 Å². The molecule has 3 nitrogen and oxygen atoms in total. The van der Waals surface area contributed by atoms with Crippen LogP contribution in [0.2, 0.25) is 0 Å².